The molecule has 0 spiro atoms. The lowest BCUT2D eigenvalue weighted by molar-refractivity contribution is -0.394. The van der Waals surface area contributed by atoms with Crippen molar-refractivity contribution in [2.75, 3.05) is 5.43 Å². The molecule has 0 radical (unpaired) electrons. The largest absolute Gasteiger partial charge is 0.450 e. The summed E-state index contributed by atoms with van der Waals surface area (Å²) < 4.78 is 72.2. The van der Waals surface area contributed by atoms with Crippen LogP contribution >= 0.6 is 0 Å². The van der Waals surface area contributed by atoms with E-state index in [0.717, 1.165) is 18.3 Å². The molecule has 0 heterocycles. The summed E-state index contributed by atoms with van der Waals surface area (Å²) in [4.78, 5) is 20.3. The fourth-order valence-electron chi connectivity index (χ4n) is 2.51. The van der Waals surface area contributed by atoms with Crippen LogP contribution in [0.4, 0.5) is 39.0 Å². The molecule has 0 fully saturated rings. The van der Waals surface area contributed by atoms with Gasteiger partial charge in [-0.05, 0) is 23.8 Å². The van der Waals surface area contributed by atoms with Gasteiger partial charge in [0, 0.05) is 6.07 Å². The van der Waals surface area contributed by atoms with Crippen molar-refractivity contribution in [2.45, 2.75) is 0 Å². The molecule has 3 aromatic rings. The molecule has 1 N–H and O–H groups in total. The van der Waals surface area contributed by atoms with Gasteiger partial charge in [0.05, 0.1) is 22.1 Å². The van der Waals surface area contributed by atoms with E-state index in [-0.39, 0.29) is 17.1 Å². The molecule has 3 rings (SSSR count). The van der Waals surface area contributed by atoms with Gasteiger partial charge in [-0.2, -0.15) is 5.10 Å². The van der Waals surface area contributed by atoms with Gasteiger partial charge in [-0.25, -0.2) is 22.0 Å². The third-order valence-corrected chi connectivity index (χ3v) is 4.04. The molecule has 14 heteroatoms. The zero-order valence-corrected chi connectivity index (χ0v) is 15.9. The van der Waals surface area contributed by atoms with Crippen LogP contribution in [0.5, 0.6) is 11.5 Å². The Hall–Kier alpha value is -4.62. The van der Waals surface area contributed by atoms with Gasteiger partial charge in [-0.15, -0.1) is 0 Å². The van der Waals surface area contributed by atoms with Crippen LogP contribution in [0.25, 0.3) is 0 Å². The van der Waals surface area contributed by atoms with Crippen LogP contribution in [0.2, 0.25) is 0 Å². The summed E-state index contributed by atoms with van der Waals surface area (Å²) in [5.41, 5.74) is -0.624. The Morgan fingerprint density at radius 2 is 1.48 bits per heavy atom. The van der Waals surface area contributed by atoms with Gasteiger partial charge >= 0.3 is 5.69 Å². The molecular weight excluding hydrogens is 459 g/mol. The fraction of sp³-hybridized carbons (Fsp3) is 0. The highest BCUT2D eigenvalue weighted by Crippen LogP contribution is 2.34. The number of hydrogen-bond donors (Lipinski definition) is 1. The van der Waals surface area contributed by atoms with Crippen molar-refractivity contribution < 1.29 is 36.5 Å². The predicted octanol–water partition coefficient (Wildman–Crippen LogP) is 5.44. The molecule has 0 aliphatic rings. The Labute approximate surface area is 180 Å². The van der Waals surface area contributed by atoms with E-state index in [4.69, 9.17) is 4.74 Å². The smallest absolute Gasteiger partial charge is 0.318 e. The van der Waals surface area contributed by atoms with Gasteiger partial charge in [0.15, 0.2) is 23.3 Å². The number of anilines is 1. The highest BCUT2D eigenvalue weighted by atomic mass is 19.2. The van der Waals surface area contributed by atoms with E-state index < -0.39 is 56.0 Å². The number of ether oxygens (including phenoxy) is 1. The number of nitrogens with one attached hydrogen (secondary N) is 1. The van der Waals surface area contributed by atoms with Crippen LogP contribution in [-0.2, 0) is 0 Å². The molecule has 9 nitrogen and oxygen atoms in total. The monoisotopic (exact) mass is 468 g/mol. The van der Waals surface area contributed by atoms with Crippen molar-refractivity contribution in [1.29, 1.82) is 0 Å². The van der Waals surface area contributed by atoms with Crippen molar-refractivity contribution in [3.05, 3.63) is 97.3 Å². The topological polar surface area (TPSA) is 120 Å². The average Bonchev–Trinajstić information content (AvgIpc) is 2.79. The Bertz CT molecular complexity index is 1270. The number of halogens is 5. The van der Waals surface area contributed by atoms with E-state index in [0.29, 0.717) is 6.07 Å². The number of benzene rings is 3. The van der Waals surface area contributed by atoms with Crippen LogP contribution < -0.4 is 10.2 Å². The molecule has 0 saturated heterocycles. The zero-order chi connectivity index (χ0) is 24.3. The lowest BCUT2D eigenvalue weighted by atomic mass is 10.2. The van der Waals surface area contributed by atoms with Gasteiger partial charge in [0.1, 0.15) is 11.4 Å². The third-order valence-electron chi connectivity index (χ3n) is 4.04. The second-order valence-corrected chi connectivity index (χ2v) is 6.16. The average molecular weight is 468 g/mol. The number of nitrogens with zero attached hydrogens (tertiary/aromatic N) is 3. The van der Waals surface area contributed by atoms with E-state index in [9.17, 15) is 42.2 Å². The number of nitro benzene ring substituents is 2. The molecule has 33 heavy (non-hydrogen) atoms. The number of hydrazone groups is 1. The number of nitro groups is 2. The van der Waals surface area contributed by atoms with Gasteiger partial charge in [0.25, 0.3) is 5.69 Å². The second-order valence-electron chi connectivity index (χ2n) is 6.16. The van der Waals surface area contributed by atoms with Crippen LogP contribution in [0, 0.1) is 49.3 Å². The first-order valence-electron chi connectivity index (χ1n) is 8.61. The van der Waals surface area contributed by atoms with E-state index in [2.05, 4.69) is 5.10 Å². The second kappa shape index (κ2) is 9.25. The number of hydrogen-bond acceptors (Lipinski definition) is 7. The van der Waals surface area contributed by atoms with Crippen LogP contribution in [0.15, 0.2) is 47.6 Å². The van der Waals surface area contributed by atoms with E-state index in [1.54, 1.807) is 5.43 Å². The Kier molecular flexibility index (Phi) is 6.46. The Balaban J connectivity index is 1.83. The van der Waals surface area contributed by atoms with Crippen molar-refractivity contribution in [1.82, 2.24) is 0 Å². The molecule has 0 unspecified atom stereocenters. The minimum Gasteiger partial charge on any atom is -0.450 e. The summed E-state index contributed by atoms with van der Waals surface area (Å²) in [5.74, 6) is -11.1. The van der Waals surface area contributed by atoms with E-state index in [1.165, 1.54) is 24.3 Å². The Morgan fingerprint density at radius 1 is 0.848 bits per heavy atom. The molecular formula is C19H9F5N4O5. The van der Waals surface area contributed by atoms with Crippen molar-refractivity contribution in [3.8, 4) is 11.5 Å². The summed E-state index contributed by atoms with van der Waals surface area (Å²) in [6.45, 7) is 0. The minimum atomic E-state index is -2.32. The lowest BCUT2D eigenvalue weighted by Gasteiger charge is -2.08. The van der Waals surface area contributed by atoms with Crippen molar-refractivity contribution in [2.24, 2.45) is 5.10 Å². The molecule has 0 aromatic heterocycles. The van der Waals surface area contributed by atoms with E-state index in [1.807, 2.05) is 0 Å². The summed E-state index contributed by atoms with van der Waals surface area (Å²) in [5, 5.41) is 25.4. The predicted molar refractivity (Wildman–Crippen MR) is 104 cm³/mol. The highest BCUT2D eigenvalue weighted by molar-refractivity contribution is 5.81. The molecule has 0 amide bonds. The quantitative estimate of drug-likeness (QED) is 0.123. The molecule has 170 valence electrons. The molecule has 0 bridgehead atoms. The first-order chi connectivity index (χ1) is 15.6. The Morgan fingerprint density at radius 3 is 2.09 bits per heavy atom. The summed E-state index contributed by atoms with van der Waals surface area (Å²) in [6.07, 6.45) is 0.954. The maximum absolute atomic E-state index is 13.6. The summed E-state index contributed by atoms with van der Waals surface area (Å²) >= 11 is 0. The maximum atomic E-state index is 13.6. The molecule has 0 atom stereocenters. The normalized spacial score (nSPS) is 10.9. The number of rotatable bonds is 7. The SMILES string of the molecule is O=[N+]([O-])c1ccc(Oc2cccc(/C=N/Nc3c(F)c(F)c(F)c(F)c3F)c2)c([N+](=O)[O-])c1. The van der Waals surface area contributed by atoms with Gasteiger partial charge in [-0.3, -0.25) is 25.7 Å². The van der Waals surface area contributed by atoms with Crippen LogP contribution in [0.3, 0.4) is 0 Å². The lowest BCUT2D eigenvalue weighted by Crippen LogP contribution is -2.06. The first-order valence-corrected chi connectivity index (χ1v) is 8.61. The summed E-state index contributed by atoms with van der Waals surface area (Å²) in [6, 6.07) is 8.22. The highest BCUT2D eigenvalue weighted by Gasteiger charge is 2.25. The van der Waals surface area contributed by atoms with Crippen molar-refractivity contribution >= 4 is 23.3 Å². The van der Waals surface area contributed by atoms with E-state index >= 15 is 0 Å². The zero-order valence-electron chi connectivity index (χ0n) is 15.9. The standard InChI is InChI=1S/C19H9F5N4O5/c20-14-15(21)17(23)19(18(24)16(14)22)26-25-8-9-2-1-3-11(6-9)33-13-5-4-10(27(29)30)7-12(13)28(31)32/h1-8,26H/b25-8+. The maximum Gasteiger partial charge on any atom is 0.318 e. The molecule has 0 saturated carbocycles. The van der Waals surface area contributed by atoms with Gasteiger partial charge in [0.2, 0.25) is 11.6 Å². The molecule has 3 aromatic carbocycles. The number of non-ortho nitro benzene ring substituents is 1. The molecule has 0 aliphatic carbocycles. The minimum absolute atomic E-state index is 0.0205. The molecule has 0 aliphatic heterocycles. The third kappa shape index (κ3) is 4.84. The van der Waals surface area contributed by atoms with Crippen LogP contribution in [0.1, 0.15) is 5.56 Å². The first kappa shape index (κ1) is 23.1. The summed E-state index contributed by atoms with van der Waals surface area (Å²) in [7, 11) is 0. The van der Waals surface area contributed by atoms with Gasteiger partial charge in [-0.1, -0.05) is 12.1 Å². The van der Waals surface area contributed by atoms with Crippen LogP contribution in [-0.4, -0.2) is 16.1 Å². The van der Waals surface area contributed by atoms with Gasteiger partial charge < -0.3 is 4.74 Å². The van der Waals surface area contributed by atoms with Crippen molar-refractivity contribution in [3.63, 3.8) is 0 Å². The fourth-order valence-corrected chi connectivity index (χ4v) is 2.51.